The Morgan fingerprint density at radius 1 is 0.719 bits per heavy atom. The molecule has 0 aliphatic heterocycles. The van der Waals surface area contributed by atoms with E-state index in [0.717, 1.165) is 34.1 Å². The zero-order valence-corrected chi connectivity index (χ0v) is 17.4. The first-order valence-electron chi connectivity index (χ1n) is 10.4. The van der Waals surface area contributed by atoms with E-state index in [-0.39, 0.29) is 11.7 Å². The molecule has 4 rings (SSSR count). The van der Waals surface area contributed by atoms with Crippen molar-refractivity contribution in [1.82, 2.24) is 5.32 Å². The van der Waals surface area contributed by atoms with E-state index in [4.69, 9.17) is 0 Å². The lowest BCUT2D eigenvalue weighted by molar-refractivity contribution is -0.109. The Bertz CT molecular complexity index is 1180. The molecule has 0 aliphatic carbocycles. The van der Waals surface area contributed by atoms with Gasteiger partial charge in [0.2, 0.25) is 0 Å². The Kier molecular flexibility index (Phi) is 6.42. The Morgan fingerprint density at radius 3 is 1.78 bits per heavy atom. The third-order valence-electron chi connectivity index (χ3n) is 5.35. The van der Waals surface area contributed by atoms with Crippen LogP contribution < -0.4 is 5.32 Å². The van der Waals surface area contributed by atoms with Crippen LogP contribution in [0, 0.1) is 0 Å². The van der Waals surface area contributed by atoms with Gasteiger partial charge in [-0.15, -0.1) is 0 Å². The topological polar surface area (TPSA) is 66.4 Å². The maximum absolute atomic E-state index is 12.6. The first-order chi connectivity index (χ1) is 15.6. The van der Waals surface area contributed by atoms with Crippen LogP contribution >= 0.6 is 0 Å². The van der Waals surface area contributed by atoms with Gasteiger partial charge in [0.1, 0.15) is 12.0 Å². The number of aromatic hydroxyl groups is 1. The molecular formula is C28H23NO3. The van der Waals surface area contributed by atoms with E-state index in [1.54, 1.807) is 24.3 Å². The van der Waals surface area contributed by atoms with Crippen LogP contribution in [-0.4, -0.2) is 23.3 Å². The van der Waals surface area contributed by atoms with E-state index < -0.39 is 6.04 Å². The van der Waals surface area contributed by atoms with Crippen molar-refractivity contribution in [3.8, 4) is 28.0 Å². The lowest BCUT2D eigenvalue weighted by Crippen LogP contribution is -2.37. The van der Waals surface area contributed by atoms with Crippen LogP contribution in [0.4, 0.5) is 0 Å². The highest BCUT2D eigenvalue weighted by Gasteiger charge is 2.14. The van der Waals surface area contributed by atoms with Crippen LogP contribution in [0.2, 0.25) is 0 Å². The molecule has 4 heteroatoms. The molecule has 32 heavy (non-hydrogen) atoms. The number of nitrogens with one attached hydrogen (secondary N) is 1. The largest absolute Gasteiger partial charge is 0.508 e. The van der Waals surface area contributed by atoms with Crippen molar-refractivity contribution in [3.05, 3.63) is 114 Å². The zero-order chi connectivity index (χ0) is 22.3. The number of hydrogen-bond donors (Lipinski definition) is 2. The number of benzene rings is 4. The summed E-state index contributed by atoms with van der Waals surface area (Å²) in [7, 11) is 0. The summed E-state index contributed by atoms with van der Waals surface area (Å²) in [6.45, 7) is 0. The van der Waals surface area contributed by atoms with Crippen molar-refractivity contribution in [2.45, 2.75) is 12.5 Å². The molecular weight excluding hydrogens is 398 g/mol. The number of rotatable bonds is 7. The van der Waals surface area contributed by atoms with Gasteiger partial charge < -0.3 is 15.2 Å². The molecule has 0 aromatic heterocycles. The quantitative estimate of drug-likeness (QED) is 0.400. The van der Waals surface area contributed by atoms with E-state index in [1.165, 1.54) is 0 Å². The van der Waals surface area contributed by atoms with Gasteiger partial charge in [-0.3, -0.25) is 4.79 Å². The fourth-order valence-electron chi connectivity index (χ4n) is 3.57. The van der Waals surface area contributed by atoms with Gasteiger partial charge in [0.15, 0.2) is 0 Å². The van der Waals surface area contributed by atoms with Gasteiger partial charge in [0, 0.05) is 5.56 Å². The van der Waals surface area contributed by atoms with Crippen molar-refractivity contribution in [1.29, 1.82) is 0 Å². The average molecular weight is 421 g/mol. The molecule has 0 aliphatic rings. The highest BCUT2D eigenvalue weighted by Crippen LogP contribution is 2.22. The smallest absolute Gasteiger partial charge is 0.251 e. The summed E-state index contributed by atoms with van der Waals surface area (Å²) >= 11 is 0. The van der Waals surface area contributed by atoms with E-state index in [9.17, 15) is 14.7 Å². The van der Waals surface area contributed by atoms with Crippen LogP contribution in [0.15, 0.2) is 103 Å². The van der Waals surface area contributed by atoms with E-state index in [2.05, 4.69) is 17.4 Å². The molecule has 158 valence electrons. The lowest BCUT2D eigenvalue weighted by atomic mass is 10.0. The standard InChI is InChI=1S/C28H23NO3/c30-19-26(18-20-6-8-22(9-7-20)21-4-2-1-3-5-21)29-28(32)25-12-10-23(11-13-25)24-14-16-27(31)17-15-24/h1-17,19,26,31H,18H2,(H,29,32)/t26-/m0/s1. The molecule has 0 heterocycles. The minimum absolute atomic E-state index is 0.208. The number of phenols is 1. The molecule has 4 nitrogen and oxygen atoms in total. The van der Waals surface area contributed by atoms with Gasteiger partial charge in [0.25, 0.3) is 5.91 Å². The molecule has 1 atom stereocenters. The summed E-state index contributed by atoms with van der Waals surface area (Å²) < 4.78 is 0. The van der Waals surface area contributed by atoms with Crippen molar-refractivity contribution in [2.75, 3.05) is 0 Å². The van der Waals surface area contributed by atoms with Crippen LogP contribution in [0.5, 0.6) is 5.75 Å². The number of phenolic OH excluding ortho intramolecular Hbond substituents is 1. The predicted octanol–water partition coefficient (Wildman–Crippen LogP) is 5.27. The van der Waals surface area contributed by atoms with Crippen molar-refractivity contribution in [2.24, 2.45) is 0 Å². The predicted molar refractivity (Wildman–Crippen MR) is 126 cm³/mol. The number of carbonyl (C=O) groups is 2. The minimum atomic E-state index is -0.609. The SMILES string of the molecule is O=C[C@H](Cc1ccc(-c2ccccc2)cc1)NC(=O)c1ccc(-c2ccc(O)cc2)cc1. The molecule has 0 spiro atoms. The normalized spacial score (nSPS) is 11.5. The molecule has 4 aromatic carbocycles. The van der Waals surface area contributed by atoms with Gasteiger partial charge in [-0.2, -0.15) is 0 Å². The van der Waals surface area contributed by atoms with Gasteiger partial charge >= 0.3 is 0 Å². The maximum atomic E-state index is 12.6. The summed E-state index contributed by atoms with van der Waals surface area (Å²) in [5.41, 5.74) is 5.58. The Labute approximate surface area is 187 Å². The van der Waals surface area contributed by atoms with Gasteiger partial charge in [-0.1, -0.05) is 78.9 Å². The number of hydrogen-bond acceptors (Lipinski definition) is 3. The average Bonchev–Trinajstić information content (AvgIpc) is 2.85. The summed E-state index contributed by atoms with van der Waals surface area (Å²) in [5, 5.41) is 12.2. The van der Waals surface area contributed by atoms with Crippen molar-refractivity contribution in [3.63, 3.8) is 0 Å². The zero-order valence-electron chi connectivity index (χ0n) is 17.4. The highest BCUT2D eigenvalue weighted by atomic mass is 16.3. The fourth-order valence-corrected chi connectivity index (χ4v) is 3.57. The van der Waals surface area contributed by atoms with E-state index >= 15 is 0 Å². The van der Waals surface area contributed by atoms with E-state index in [1.807, 2.05) is 66.7 Å². The molecule has 0 unspecified atom stereocenters. The second kappa shape index (κ2) is 9.75. The van der Waals surface area contributed by atoms with Gasteiger partial charge in [0.05, 0.1) is 6.04 Å². The van der Waals surface area contributed by atoms with Gasteiger partial charge in [-0.25, -0.2) is 0 Å². The third-order valence-corrected chi connectivity index (χ3v) is 5.35. The second-order valence-electron chi connectivity index (χ2n) is 7.61. The molecule has 0 bridgehead atoms. The highest BCUT2D eigenvalue weighted by molar-refractivity contribution is 5.96. The van der Waals surface area contributed by atoms with Crippen LogP contribution in [-0.2, 0) is 11.2 Å². The number of carbonyl (C=O) groups excluding carboxylic acids is 2. The Morgan fingerprint density at radius 2 is 1.22 bits per heavy atom. The first kappa shape index (κ1) is 21.1. The molecule has 0 saturated heterocycles. The van der Waals surface area contributed by atoms with Crippen molar-refractivity contribution >= 4 is 12.2 Å². The van der Waals surface area contributed by atoms with Crippen LogP contribution in [0.3, 0.4) is 0 Å². The van der Waals surface area contributed by atoms with Gasteiger partial charge in [-0.05, 0) is 58.5 Å². The summed E-state index contributed by atoms with van der Waals surface area (Å²) in [4.78, 5) is 24.2. The Balaban J connectivity index is 1.39. The third kappa shape index (κ3) is 5.10. The molecule has 0 radical (unpaired) electrons. The van der Waals surface area contributed by atoms with Crippen molar-refractivity contribution < 1.29 is 14.7 Å². The monoisotopic (exact) mass is 421 g/mol. The molecule has 1 amide bonds. The Hall–Kier alpha value is -4.18. The second-order valence-corrected chi connectivity index (χ2v) is 7.61. The van der Waals surface area contributed by atoms with Crippen LogP contribution in [0.25, 0.3) is 22.3 Å². The van der Waals surface area contributed by atoms with Crippen LogP contribution in [0.1, 0.15) is 15.9 Å². The number of aldehydes is 1. The fraction of sp³-hybridized carbons (Fsp3) is 0.0714. The summed E-state index contributed by atoms with van der Waals surface area (Å²) in [5.74, 6) is -0.0837. The first-order valence-corrected chi connectivity index (χ1v) is 10.4. The molecule has 0 saturated carbocycles. The lowest BCUT2D eigenvalue weighted by Gasteiger charge is -2.14. The minimum Gasteiger partial charge on any atom is -0.508 e. The molecule has 0 fully saturated rings. The van der Waals surface area contributed by atoms with E-state index in [0.29, 0.717) is 12.0 Å². The summed E-state index contributed by atoms with van der Waals surface area (Å²) in [6.07, 6.45) is 1.20. The molecule has 4 aromatic rings. The maximum Gasteiger partial charge on any atom is 0.251 e. The number of amides is 1. The summed E-state index contributed by atoms with van der Waals surface area (Å²) in [6, 6.07) is 31.5. The molecule has 2 N–H and O–H groups in total.